The summed E-state index contributed by atoms with van der Waals surface area (Å²) in [5, 5.41) is 4.17. The van der Waals surface area contributed by atoms with Gasteiger partial charge in [-0.1, -0.05) is 30.1 Å². The quantitative estimate of drug-likeness (QED) is 0.929. The first-order valence-electron chi connectivity index (χ1n) is 6.84. The molecule has 110 valence electrons. The summed E-state index contributed by atoms with van der Waals surface area (Å²) in [6.45, 7) is 5.76. The van der Waals surface area contributed by atoms with Gasteiger partial charge in [0.2, 0.25) is 0 Å². The number of piperazine rings is 1. The van der Waals surface area contributed by atoms with Crippen molar-refractivity contribution >= 4 is 34.9 Å². The van der Waals surface area contributed by atoms with E-state index >= 15 is 0 Å². The minimum Gasteiger partial charge on any atom is -0.368 e. The highest BCUT2D eigenvalue weighted by atomic mass is 35.5. The zero-order valence-corrected chi connectivity index (χ0v) is 13.0. The molecule has 1 fully saturated rings. The highest BCUT2D eigenvalue weighted by Gasteiger charge is 2.21. The van der Waals surface area contributed by atoms with Gasteiger partial charge in [-0.25, -0.2) is 4.79 Å². The molecule has 1 aromatic carbocycles. The Labute approximate surface area is 129 Å². The Balaban J connectivity index is 1.92. The number of nitrogens with zero attached hydrogens (tertiary/aromatic N) is 2. The molecule has 2 rings (SSSR count). The van der Waals surface area contributed by atoms with Gasteiger partial charge in [-0.15, -0.1) is 0 Å². The Morgan fingerprint density at radius 2 is 1.75 bits per heavy atom. The molecule has 1 aliphatic heterocycles. The largest absolute Gasteiger partial charge is 0.368 e. The smallest absolute Gasteiger partial charge is 0.317 e. The van der Waals surface area contributed by atoms with Gasteiger partial charge in [0.05, 0.1) is 0 Å². The van der Waals surface area contributed by atoms with Crippen molar-refractivity contribution in [1.82, 2.24) is 10.2 Å². The molecule has 1 aliphatic rings. The van der Waals surface area contributed by atoms with Gasteiger partial charge < -0.3 is 15.1 Å². The predicted molar refractivity (Wildman–Crippen MR) is 83.9 cm³/mol. The van der Waals surface area contributed by atoms with Gasteiger partial charge in [0.25, 0.3) is 0 Å². The molecule has 0 aliphatic carbocycles. The molecule has 0 atom stereocenters. The molecule has 1 N–H and O–H groups in total. The topological polar surface area (TPSA) is 35.6 Å². The van der Waals surface area contributed by atoms with Crippen LogP contribution in [0.15, 0.2) is 18.2 Å². The van der Waals surface area contributed by atoms with E-state index in [2.05, 4.69) is 10.2 Å². The normalized spacial score (nSPS) is 15.3. The second kappa shape index (κ2) is 7.04. The summed E-state index contributed by atoms with van der Waals surface area (Å²) < 4.78 is 0. The number of hydrogen-bond donors (Lipinski definition) is 1. The van der Waals surface area contributed by atoms with E-state index in [1.54, 1.807) is 6.07 Å². The first-order valence-corrected chi connectivity index (χ1v) is 7.59. The summed E-state index contributed by atoms with van der Waals surface area (Å²) in [5.41, 5.74) is 1.01. The number of rotatable bonds is 3. The van der Waals surface area contributed by atoms with E-state index in [-0.39, 0.29) is 6.03 Å². The van der Waals surface area contributed by atoms with Crippen molar-refractivity contribution in [3.63, 3.8) is 0 Å². The van der Waals surface area contributed by atoms with Gasteiger partial charge in [-0.3, -0.25) is 0 Å². The monoisotopic (exact) mass is 315 g/mol. The standard InChI is InChI=1S/C14H19Cl2N3O/c1-2-3-17-14(20)19-6-4-18(5-7-19)13-9-11(15)8-12(16)10-13/h8-10H,2-7H2,1H3,(H,17,20). The molecular weight excluding hydrogens is 297 g/mol. The average Bonchev–Trinajstić information content (AvgIpc) is 2.44. The molecule has 2 amide bonds. The van der Waals surface area contributed by atoms with Crippen LogP contribution in [0.4, 0.5) is 10.5 Å². The van der Waals surface area contributed by atoms with Gasteiger partial charge >= 0.3 is 6.03 Å². The molecule has 1 aromatic rings. The molecule has 0 spiro atoms. The maximum absolute atomic E-state index is 11.9. The average molecular weight is 316 g/mol. The Kier molecular flexibility index (Phi) is 5.38. The lowest BCUT2D eigenvalue weighted by molar-refractivity contribution is 0.194. The fourth-order valence-corrected chi connectivity index (χ4v) is 2.75. The van der Waals surface area contributed by atoms with Crippen LogP contribution in [0, 0.1) is 0 Å². The number of nitrogens with one attached hydrogen (secondary N) is 1. The van der Waals surface area contributed by atoms with Crippen LogP contribution in [-0.2, 0) is 0 Å². The number of amides is 2. The lowest BCUT2D eigenvalue weighted by atomic mass is 10.2. The maximum Gasteiger partial charge on any atom is 0.317 e. The van der Waals surface area contributed by atoms with E-state index in [1.165, 1.54) is 0 Å². The minimum atomic E-state index is 0.0237. The number of anilines is 1. The minimum absolute atomic E-state index is 0.0237. The number of hydrogen-bond acceptors (Lipinski definition) is 2. The van der Waals surface area contributed by atoms with Crippen LogP contribution in [-0.4, -0.2) is 43.7 Å². The number of urea groups is 1. The van der Waals surface area contributed by atoms with Gasteiger partial charge in [-0.05, 0) is 24.6 Å². The third kappa shape index (κ3) is 3.93. The van der Waals surface area contributed by atoms with Crippen LogP contribution in [0.3, 0.4) is 0 Å². The van der Waals surface area contributed by atoms with E-state index in [4.69, 9.17) is 23.2 Å². The molecule has 6 heteroatoms. The highest BCUT2D eigenvalue weighted by molar-refractivity contribution is 6.35. The number of carbonyl (C=O) groups is 1. The molecule has 0 saturated carbocycles. The number of carbonyl (C=O) groups excluding carboxylic acids is 1. The van der Waals surface area contributed by atoms with E-state index < -0.39 is 0 Å². The van der Waals surface area contributed by atoms with E-state index in [1.807, 2.05) is 24.0 Å². The third-order valence-electron chi connectivity index (χ3n) is 3.31. The van der Waals surface area contributed by atoms with Crippen molar-refractivity contribution in [1.29, 1.82) is 0 Å². The third-order valence-corrected chi connectivity index (χ3v) is 3.74. The van der Waals surface area contributed by atoms with Crippen molar-refractivity contribution in [2.24, 2.45) is 0 Å². The Bertz CT molecular complexity index is 453. The second-order valence-corrected chi connectivity index (χ2v) is 5.71. The lowest BCUT2D eigenvalue weighted by Gasteiger charge is -2.36. The van der Waals surface area contributed by atoms with Crippen LogP contribution in [0.1, 0.15) is 13.3 Å². The summed E-state index contributed by atoms with van der Waals surface area (Å²) in [6.07, 6.45) is 0.951. The van der Waals surface area contributed by atoms with E-state index in [9.17, 15) is 4.79 Å². The SMILES string of the molecule is CCCNC(=O)N1CCN(c2cc(Cl)cc(Cl)c2)CC1. The zero-order chi connectivity index (χ0) is 14.5. The van der Waals surface area contributed by atoms with Crippen molar-refractivity contribution in [2.75, 3.05) is 37.6 Å². The first-order chi connectivity index (χ1) is 9.60. The van der Waals surface area contributed by atoms with Crippen LogP contribution >= 0.6 is 23.2 Å². The van der Waals surface area contributed by atoms with Gasteiger partial charge in [0, 0.05) is 48.5 Å². The van der Waals surface area contributed by atoms with E-state index in [0.29, 0.717) is 23.1 Å². The fourth-order valence-electron chi connectivity index (χ4n) is 2.23. The molecule has 4 nitrogen and oxygen atoms in total. The predicted octanol–water partition coefficient (Wildman–Crippen LogP) is 3.24. The van der Waals surface area contributed by atoms with Gasteiger partial charge in [-0.2, -0.15) is 0 Å². The van der Waals surface area contributed by atoms with Crippen LogP contribution in [0.2, 0.25) is 10.0 Å². The van der Waals surface area contributed by atoms with Crippen molar-refractivity contribution in [2.45, 2.75) is 13.3 Å². The van der Waals surface area contributed by atoms with Crippen LogP contribution in [0.25, 0.3) is 0 Å². The summed E-state index contributed by atoms with van der Waals surface area (Å²) >= 11 is 12.0. The second-order valence-electron chi connectivity index (χ2n) is 4.83. The van der Waals surface area contributed by atoms with Gasteiger partial charge in [0.15, 0.2) is 0 Å². The zero-order valence-electron chi connectivity index (χ0n) is 11.5. The summed E-state index contributed by atoms with van der Waals surface area (Å²) in [4.78, 5) is 15.9. The number of halogens is 2. The Morgan fingerprint density at radius 3 is 2.30 bits per heavy atom. The molecular formula is C14H19Cl2N3O. The molecule has 0 aromatic heterocycles. The Hall–Kier alpha value is -1.13. The molecule has 1 saturated heterocycles. The number of benzene rings is 1. The summed E-state index contributed by atoms with van der Waals surface area (Å²) in [5.74, 6) is 0. The van der Waals surface area contributed by atoms with Crippen LogP contribution < -0.4 is 10.2 Å². The molecule has 20 heavy (non-hydrogen) atoms. The van der Waals surface area contributed by atoms with Gasteiger partial charge in [0.1, 0.15) is 0 Å². The fraction of sp³-hybridized carbons (Fsp3) is 0.500. The molecule has 1 heterocycles. The molecule has 0 unspecified atom stereocenters. The Morgan fingerprint density at radius 1 is 1.15 bits per heavy atom. The summed E-state index contributed by atoms with van der Waals surface area (Å²) in [7, 11) is 0. The van der Waals surface area contributed by atoms with Crippen LogP contribution in [0.5, 0.6) is 0 Å². The highest BCUT2D eigenvalue weighted by Crippen LogP contribution is 2.26. The van der Waals surface area contributed by atoms with Crippen molar-refractivity contribution < 1.29 is 4.79 Å². The molecule has 0 bridgehead atoms. The van der Waals surface area contributed by atoms with Crippen molar-refractivity contribution in [3.05, 3.63) is 28.2 Å². The first kappa shape index (κ1) is 15.3. The summed E-state index contributed by atoms with van der Waals surface area (Å²) in [6, 6.07) is 5.55. The van der Waals surface area contributed by atoms with E-state index in [0.717, 1.165) is 31.7 Å². The van der Waals surface area contributed by atoms with Crippen molar-refractivity contribution in [3.8, 4) is 0 Å². The lowest BCUT2D eigenvalue weighted by Crippen LogP contribution is -2.52. The maximum atomic E-state index is 11.9. The molecule has 0 radical (unpaired) electrons.